The molecule has 0 fully saturated rings. The van der Waals surface area contributed by atoms with Gasteiger partial charge in [0.05, 0.1) is 9.80 Å². The van der Waals surface area contributed by atoms with Gasteiger partial charge in [-0.25, -0.2) is 0 Å². The quantitative estimate of drug-likeness (QED) is 0.421. The molecule has 7 heteroatoms. The van der Waals surface area contributed by atoms with Crippen molar-refractivity contribution < 1.29 is 15.0 Å². The monoisotopic (exact) mass is 424 g/mol. The molecule has 6 nitrogen and oxygen atoms in total. The second kappa shape index (κ2) is 9.65. The lowest BCUT2D eigenvalue weighted by Crippen LogP contribution is -2.87. The van der Waals surface area contributed by atoms with Gasteiger partial charge in [0.25, 0.3) is 11.6 Å². The average molecular weight is 425 g/mol. The maximum atomic E-state index is 12.7. The Hall–Kier alpha value is -3.03. The molecule has 0 saturated carbocycles. The minimum atomic E-state index is -0.463. The molecule has 3 N–H and O–H groups in total. The summed E-state index contributed by atoms with van der Waals surface area (Å²) in [5.74, 6) is -0.265. The Morgan fingerprint density at radius 1 is 1.17 bits per heavy atom. The molecule has 1 atom stereocenters. The maximum Gasteiger partial charge on any atom is 0.293 e. The molecule has 0 aliphatic rings. The molecule has 1 aromatic heterocycles. The van der Waals surface area contributed by atoms with E-state index in [0.29, 0.717) is 5.56 Å². The number of carbonyl (C=O) groups is 1. The van der Waals surface area contributed by atoms with Crippen LogP contribution < -0.4 is 10.6 Å². The number of nitrogens with zero attached hydrogens (tertiary/aromatic N) is 1. The highest BCUT2D eigenvalue weighted by Crippen LogP contribution is 2.30. The second-order valence-corrected chi connectivity index (χ2v) is 8.21. The minimum absolute atomic E-state index is 0.00440. The summed E-state index contributed by atoms with van der Waals surface area (Å²) in [6.07, 6.45) is 0.977. The molecule has 0 aliphatic heterocycles. The summed E-state index contributed by atoms with van der Waals surface area (Å²) in [5.41, 5.74) is 4.19. The van der Waals surface area contributed by atoms with Crippen LogP contribution in [0.5, 0.6) is 0 Å². The van der Waals surface area contributed by atoms with Gasteiger partial charge in [0.15, 0.2) is 6.54 Å². The van der Waals surface area contributed by atoms with E-state index < -0.39 is 4.92 Å². The SMILES string of the molecule is CCc1ccc([C@@H]([NH2+]CC(=O)Nc2c([N+](=O)[O-])ccc(C)c2C)c2cccs2)cc1. The molecule has 3 rings (SSSR count). The molecule has 156 valence electrons. The van der Waals surface area contributed by atoms with Gasteiger partial charge >= 0.3 is 0 Å². The topological polar surface area (TPSA) is 88.8 Å². The molecule has 0 radical (unpaired) electrons. The summed E-state index contributed by atoms with van der Waals surface area (Å²) >= 11 is 1.65. The average Bonchev–Trinajstić information content (AvgIpc) is 3.26. The second-order valence-electron chi connectivity index (χ2n) is 7.23. The van der Waals surface area contributed by atoms with E-state index in [4.69, 9.17) is 0 Å². The molecule has 0 aliphatic carbocycles. The number of rotatable bonds is 8. The van der Waals surface area contributed by atoms with Gasteiger partial charge in [-0.3, -0.25) is 14.9 Å². The summed E-state index contributed by atoms with van der Waals surface area (Å²) in [4.78, 5) is 24.8. The number of nitro groups is 1. The predicted molar refractivity (Wildman–Crippen MR) is 120 cm³/mol. The molecule has 0 spiro atoms. The molecule has 0 unspecified atom stereocenters. The van der Waals surface area contributed by atoms with Crippen LogP contribution in [0, 0.1) is 24.0 Å². The summed E-state index contributed by atoms with van der Waals surface area (Å²) in [5, 5.41) is 18.1. The molecule has 30 heavy (non-hydrogen) atoms. The van der Waals surface area contributed by atoms with Gasteiger partial charge in [-0.1, -0.05) is 43.3 Å². The number of nitrogens with two attached hydrogens (primary N) is 1. The third kappa shape index (κ3) is 4.93. The normalized spacial score (nSPS) is 11.8. The number of benzene rings is 2. The van der Waals surface area contributed by atoms with Crippen molar-refractivity contribution in [2.24, 2.45) is 0 Å². The number of carbonyl (C=O) groups excluding carboxylic acids is 1. The van der Waals surface area contributed by atoms with Crippen molar-refractivity contribution >= 4 is 28.6 Å². The highest BCUT2D eigenvalue weighted by Gasteiger charge is 2.23. The third-order valence-corrected chi connectivity index (χ3v) is 6.27. The van der Waals surface area contributed by atoms with E-state index in [1.54, 1.807) is 24.3 Å². The first-order valence-electron chi connectivity index (χ1n) is 9.90. The zero-order valence-electron chi connectivity index (χ0n) is 17.3. The Kier molecular flexibility index (Phi) is 6.97. The lowest BCUT2D eigenvalue weighted by atomic mass is 10.0. The van der Waals surface area contributed by atoms with E-state index in [9.17, 15) is 14.9 Å². The highest BCUT2D eigenvalue weighted by molar-refractivity contribution is 7.10. The summed E-state index contributed by atoms with van der Waals surface area (Å²) in [7, 11) is 0. The first kappa shape index (κ1) is 21.7. The van der Waals surface area contributed by atoms with Crippen LogP contribution in [-0.2, 0) is 11.2 Å². The van der Waals surface area contributed by atoms with Crippen LogP contribution in [0.4, 0.5) is 11.4 Å². The molecule has 2 aromatic carbocycles. The van der Waals surface area contributed by atoms with Crippen LogP contribution in [0.1, 0.15) is 40.1 Å². The first-order chi connectivity index (χ1) is 14.4. The fourth-order valence-electron chi connectivity index (χ4n) is 3.37. The van der Waals surface area contributed by atoms with Gasteiger partial charge in [0.2, 0.25) is 0 Å². The summed E-state index contributed by atoms with van der Waals surface area (Å²) in [6.45, 7) is 5.93. The molecule has 0 saturated heterocycles. The molecular formula is C23H26N3O3S+. The Labute approximate surface area is 180 Å². The number of amides is 1. The molecular weight excluding hydrogens is 398 g/mol. The maximum absolute atomic E-state index is 12.7. The molecule has 1 amide bonds. The van der Waals surface area contributed by atoms with Gasteiger partial charge in [0.1, 0.15) is 11.7 Å². The predicted octanol–water partition coefficient (Wildman–Crippen LogP) is 4.13. The minimum Gasteiger partial charge on any atom is -0.328 e. The van der Waals surface area contributed by atoms with Gasteiger partial charge in [0, 0.05) is 11.6 Å². The number of quaternary nitrogens is 1. The van der Waals surface area contributed by atoms with Crippen LogP contribution in [0.25, 0.3) is 0 Å². The van der Waals surface area contributed by atoms with Gasteiger partial charge in [-0.15, -0.1) is 11.3 Å². The van der Waals surface area contributed by atoms with E-state index >= 15 is 0 Å². The van der Waals surface area contributed by atoms with E-state index in [-0.39, 0.29) is 29.9 Å². The lowest BCUT2D eigenvalue weighted by Gasteiger charge is -2.16. The third-order valence-electron chi connectivity index (χ3n) is 5.31. The van der Waals surface area contributed by atoms with Crippen molar-refractivity contribution in [3.8, 4) is 0 Å². The molecule has 0 bridgehead atoms. The fraction of sp³-hybridized carbons (Fsp3) is 0.261. The van der Waals surface area contributed by atoms with E-state index in [2.05, 4.69) is 42.6 Å². The van der Waals surface area contributed by atoms with Crippen LogP contribution >= 0.6 is 11.3 Å². The standard InChI is InChI=1S/C23H25N3O3S/c1-4-17-8-10-18(11-9-17)23(20-6-5-13-30-20)24-14-21(27)25-22-16(3)15(2)7-12-19(22)26(28)29/h5-13,23-24H,4,14H2,1-3H3,(H,25,27)/p+1/t23-/m1/s1. The van der Waals surface area contributed by atoms with Crippen molar-refractivity contribution in [3.63, 3.8) is 0 Å². The fourth-order valence-corrected chi connectivity index (χ4v) is 4.22. The molecule has 3 aromatic rings. The summed E-state index contributed by atoms with van der Waals surface area (Å²) in [6, 6.07) is 15.6. The Balaban J connectivity index is 1.77. The van der Waals surface area contributed by atoms with E-state index in [1.807, 2.05) is 23.7 Å². The Morgan fingerprint density at radius 2 is 1.90 bits per heavy atom. The Bertz CT molecular complexity index is 1030. The zero-order chi connectivity index (χ0) is 21.7. The molecule has 1 heterocycles. The first-order valence-corrected chi connectivity index (χ1v) is 10.8. The van der Waals surface area contributed by atoms with Crippen molar-refractivity contribution in [2.75, 3.05) is 11.9 Å². The number of nitrogens with one attached hydrogen (secondary N) is 1. The number of hydrogen-bond donors (Lipinski definition) is 2. The van der Waals surface area contributed by atoms with Crippen molar-refractivity contribution in [3.05, 3.63) is 91.2 Å². The number of nitro benzene ring substituents is 1. The van der Waals surface area contributed by atoms with Gasteiger partial charge < -0.3 is 10.6 Å². The van der Waals surface area contributed by atoms with Crippen LogP contribution in [0.3, 0.4) is 0 Å². The van der Waals surface area contributed by atoms with Crippen molar-refractivity contribution in [1.82, 2.24) is 0 Å². The number of thiophene rings is 1. The largest absolute Gasteiger partial charge is 0.328 e. The highest BCUT2D eigenvalue weighted by atomic mass is 32.1. The number of aryl methyl sites for hydroxylation is 2. The van der Waals surface area contributed by atoms with Crippen LogP contribution in [0.15, 0.2) is 53.9 Å². The van der Waals surface area contributed by atoms with Gasteiger partial charge in [-0.05, 0) is 48.4 Å². The zero-order valence-corrected chi connectivity index (χ0v) is 18.2. The Morgan fingerprint density at radius 3 is 2.50 bits per heavy atom. The van der Waals surface area contributed by atoms with Crippen LogP contribution in [-0.4, -0.2) is 17.4 Å². The van der Waals surface area contributed by atoms with Crippen molar-refractivity contribution in [2.45, 2.75) is 33.2 Å². The van der Waals surface area contributed by atoms with Gasteiger partial charge in [-0.2, -0.15) is 0 Å². The van der Waals surface area contributed by atoms with Crippen LogP contribution in [0.2, 0.25) is 0 Å². The number of hydrogen-bond acceptors (Lipinski definition) is 4. The smallest absolute Gasteiger partial charge is 0.293 e. The van der Waals surface area contributed by atoms with Crippen molar-refractivity contribution in [1.29, 1.82) is 0 Å². The summed E-state index contributed by atoms with van der Waals surface area (Å²) < 4.78 is 0. The number of anilines is 1. The van der Waals surface area contributed by atoms with E-state index in [1.165, 1.54) is 11.6 Å². The lowest BCUT2D eigenvalue weighted by molar-refractivity contribution is -0.675. The van der Waals surface area contributed by atoms with E-state index in [0.717, 1.165) is 22.4 Å².